The molecule has 0 radical (unpaired) electrons. The third kappa shape index (κ3) is 4.88. The van der Waals surface area contributed by atoms with Gasteiger partial charge in [0.2, 0.25) is 0 Å². The van der Waals surface area contributed by atoms with Crippen LogP contribution in [0.1, 0.15) is 31.1 Å². The molecule has 23 heavy (non-hydrogen) atoms. The quantitative estimate of drug-likeness (QED) is 0.835. The minimum Gasteiger partial charge on any atom is -0.491 e. The van der Waals surface area contributed by atoms with Crippen molar-refractivity contribution >= 4 is 17.3 Å². The summed E-state index contributed by atoms with van der Waals surface area (Å²) in [5, 5.41) is 23.0. The van der Waals surface area contributed by atoms with Gasteiger partial charge < -0.3 is 15.2 Å². The molecule has 0 fully saturated rings. The van der Waals surface area contributed by atoms with Crippen LogP contribution in [0.25, 0.3) is 0 Å². The maximum atomic E-state index is 10.3. The number of hydrogen-bond donors (Lipinski definition) is 2. The lowest BCUT2D eigenvalue weighted by molar-refractivity contribution is 0.190. The first-order valence-electron chi connectivity index (χ1n) is 7.38. The van der Waals surface area contributed by atoms with E-state index in [1.807, 2.05) is 38.1 Å². The van der Waals surface area contributed by atoms with Crippen molar-refractivity contribution in [2.75, 3.05) is 11.9 Å². The number of nitriles is 1. The fourth-order valence-electron chi connectivity index (χ4n) is 2.15. The highest BCUT2D eigenvalue weighted by molar-refractivity contribution is 6.30. The van der Waals surface area contributed by atoms with Gasteiger partial charge in [0.1, 0.15) is 11.8 Å². The van der Waals surface area contributed by atoms with Crippen LogP contribution in [0, 0.1) is 11.3 Å². The fourth-order valence-corrected chi connectivity index (χ4v) is 2.32. The van der Waals surface area contributed by atoms with Crippen molar-refractivity contribution in [2.24, 2.45) is 0 Å². The Morgan fingerprint density at radius 2 is 2.04 bits per heavy atom. The van der Waals surface area contributed by atoms with E-state index in [0.29, 0.717) is 16.3 Å². The van der Waals surface area contributed by atoms with Gasteiger partial charge in [0.05, 0.1) is 23.5 Å². The molecule has 0 saturated heterocycles. The zero-order valence-electron chi connectivity index (χ0n) is 13.1. The van der Waals surface area contributed by atoms with Crippen LogP contribution in [-0.2, 0) is 0 Å². The zero-order valence-corrected chi connectivity index (χ0v) is 13.8. The van der Waals surface area contributed by atoms with Gasteiger partial charge in [-0.1, -0.05) is 23.7 Å². The van der Waals surface area contributed by atoms with E-state index >= 15 is 0 Å². The smallest absolute Gasteiger partial charge is 0.120 e. The number of ether oxygens (including phenoxy) is 1. The molecule has 2 aromatic rings. The molecule has 2 aromatic carbocycles. The number of aliphatic hydroxyl groups is 1. The lowest BCUT2D eigenvalue weighted by Gasteiger charge is -2.16. The van der Waals surface area contributed by atoms with Crippen LogP contribution >= 0.6 is 11.6 Å². The number of rotatable bonds is 6. The van der Waals surface area contributed by atoms with Crippen LogP contribution in [0.2, 0.25) is 5.02 Å². The first-order chi connectivity index (χ1) is 11.0. The molecule has 0 aromatic heterocycles. The van der Waals surface area contributed by atoms with E-state index in [1.165, 1.54) is 0 Å². The molecular weight excluding hydrogens is 312 g/mol. The van der Waals surface area contributed by atoms with E-state index < -0.39 is 6.10 Å². The second-order valence-electron chi connectivity index (χ2n) is 5.44. The first kappa shape index (κ1) is 17.1. The van der Waals surface area contributed by atoms with Gasteiger partial charge in [-0.25, -0.2) is 0 Å². The summed E-state index contributed by atoms with van der Waals surface area (Å²) in [6.45, 7) is 4.17. The second-order valence-corrected chi connectivity index (χ2v) is 5.87. The summed E-state index contributed by atoms with van der Waals surface area (Å²) in [6.07, 6.45) is -0.651. The Labute approximate surface area is 141 Å². The van der Waals surface area contributed by atoms with Crippen LogP contribution in [-0.4, -0.2) is 17.8 Å². The fraction of sp³-hybridized carbons (Fsp3) is 0.278. The van der Waals surface area contributed by atoms with Crippen molar-refractivity contribution in [1.29, 1.82) is 5.26 Å². The van der Waals surface area contributed by atoms with E-state index in [4.69, 9.17) is 21.6 Å². The van der Waals surface area contributed by atoms with Gasteiger partial charge in [-0.15, -0.1) is 0 Å². The highest BCUT2D eigenvalue weighted by Crippen LogP contribution is 2.23. The summed E-state index contributed by atoms with van der Waals surface area (Å²) in [4.78, 5) is 0. The molecular formula is C18H19ClN2O2. The summed E-state index contributed by atoms with van der Waals surface area (Å²) < 4.78 is 5.63. The number of halogens is 1. The van der Waals surface area contributed by atoms with Crippen molar-refractivity contribution in [3.8, 4) is 11.8 Å². The summed E-state index contributed by atoms with van der Waals surface area (Å²) in [7, 11) is 0. The molecule has 0 amide bonds. The summed E-state index contributed by atoms with van der Waals surface area (Å²) in [5.74, 6) is 0.719. The van der Waals surface area contributed by atoms with E-state index in [1.54, 1.807) is 18.2 Å². The molecule has 4 nitrogen and oxygen atoms in total. The highest BCUT2D eigenvalue weighted by Gasteiger charge is 2.11. The summed E-state index contributed by atoms with van der Waals surface area (Å²) >= 11 is 5.95. The van der Waals surface area contributed by atoms with Crippen molar-refractivity contribution in [3.63, 3.8) is 0 Å². The third-order valence-corrected chi connectivity index (χ3v) is 3.44. The van der Waals surface area contributed by atoms with E-state index in [0.717, 1.165) is 11.3 Å². The van der Waals surface area contributed by atoms with Crippen LogP contribution in [0.4, 0.5) is 5.69 Å². The molecule has 0 aliphatic heterocycles. The Balaban J connectivity index is 2.07. The summed E-state index contributed by atoms with van der Waals surface area (Å²) in [6, 6.07) is 14.4. The molecule has 0 aliphatic rings. The van der Waals surface area contributed by atoms with Gasteiger partial charge >= 0.3 is 0 Å². The second kappa shape index (κ2) is 7.87. The molecule has 1 unspecified atom stereocenters. The van der Waals surface area contributed by atoms with Gasteiger partial charge in [-0.2, -0.15) is 5.26 Å². The molecule has 1 atom stereocenters. The number of anilines is 1. The van der Waals surface area contributed by atoms with Crippen molar-refractivity contribution < 1.29 is 9.84 Å². The van der Waals surface area contributed by atoms with Gasteiger partial charge in [0.15, 0.2) is 0 Å². The lowest BCUT2D eigenvalue weighted by Crippen LogP contribution is -2.13. The number of aliphatic hydroxyl groups excluding tert-OH is 1. The largest absolute Gasteiger partial charge is 0.491 e. The maximum Gasteiger partial charge on any atom is 0.120 e. The minimum atomic E-state index is -0.726. The van der Waals surface area contributed by atoms with Crippen molar-refractivity contribution in [3.05, 3.63) is 58.6 Å². The normalized spacial score (nSPS) is 11.8. The molecule has 0 spiro atoms. The topological polar surface area (TPSA) is 65.3 Å². The number of hydrogen-bond acceptors (Lipinski definition) is 4. The molecule has 120 valence electrons. The zero-order chi connectivity index (χ0) is 16.8. The van der Waals surface area contributed by atoms with Crippen LogP contribution in [0.3, 0.4) is 0 Å². The lowest BCUT2D eigenvalue weighted by atomic mass is 10.1. The maximum absolute atomic E-state index is 10.3. The van der Waals surface area contributed by atoms with Gasteiger partial charge in [-0.3, -0.25) is 0 Å². The standard InChI is InChI=1S/C18H19ClN2O2/c1-12(2)23-16-5-3-4-13(8-16)18(22)11-21-17-9-15(19)7-6-14(17)10-20/h3-9,12,18,21-22H,11H2,1-2H3. The Bertz CT molecular complexity index is 710. The van der Waals surface area contributed by atoms with Gasteiger partial charge in [-0.05, 0) is 49.7 Å². The summed E-state index contributed by atoms with van der Waals surface area (Å²) in [5.41, 5.74) is 1.84. The van der Waals surface area contributed by atoms with Crippen LogP contribution < -0.4 is 10.1 Å². The van der Waals surface area contributed by atoms with Crippen molar-refractivity contribution in [1.82, 2.24) is 0 Å². The van der Waals surface area contributed by atoms with E-state index in [-0.39, 0.29) is 12.6 Å². The third-order valence-electron chi connectivity index (χ3n) is 3.20. The Morgan fingerprint density at radius 1 is 1.26 bits per heavy atom. The van der Waals surface area contributed by atoms with Gasteiger partial charge in [0.25, 0.3) is 0 Å². The molecule has 0 bridgehead atoms. The minimum absolute atomic E-state index is 0.0742. The molecule has 0 aliphatic carbocycles. The molecule has 2 N–H and O–H groups in total. The number of benzene rings is 2. The predicted molar refractivity (Wildman–Crippen MR) is 91.8 cm³/mol. The average Bonchev–Trinajstić information content (AvgIpc) is 2.52. The number of nitrogens with zero attached hydrogens (tertiary/aromatic N) is 1. The average molecular weight is 331 g/mol. The molecule has 5 heteroatoms. The Kier molecular flexibility index (Phi) is 5.86. The van der Waals surface area contributed by atoms with E-state index in [2.05, 4.69) is 11.4 Å². The van der Waals surface area contributed by atoms with Crippen LogP contribution in [0.15, 0.2) is 42.5 Å². The van der Waals surface area contributed by atoms with Gasteiger partial charge in [0, 0.05) is 11.6 Å². The molecule has 0 saturated carbocycles. The molecule has 2 rings (SSSR count). The monoisotopic (exact) mass is 330 g/mol. The Hall–Kier alpha value is -2.22. The Morgan fingerprint density at radius 3 is 2.74 bits per heavy atom. The number of nitrogens with one attached hydrogen (secondary N) is 1. The highest BCUT2D eigenvalue weighted by atomic mass is 35.5. The van der Waals surface area contributed by atoms with E-state index in [9.17, 15) is 5.11 Å². The first-order valence-corrected chi connectivity index (χ1v) is 7.75. The molecule has 0 heterocycles. The SMILES string of the molecule is CC(C)Oc1cccc(C(O)CNc2cc(Cl)ccc2C#N)c1. The predicted octanol–water partition coefficient (Wildman–Crippen LogP) is 4.14. The van der Waals surface area contributed by atoms with Crippen LogP contribution in [0.5, 0.6) is 5.75 Å². The van der Waals surface area contributed by atoms with Crippen molar-refractivity contribution in [2.45, 2.75) is 26.1 Å².